The fourth-order valence-corrected chi connectivity index (χ4v) is 1.97. The molecule has 4 heteroatoms. The van der Waals surface area contributed by atoms with E-state index in [1.807, 2.05) is 12.1 Å². The van der Waals surface area contributed by atoms with Crippen LogP contribution in [0.5, 0.6) is 0 Å². The fourth-order valence-electron chi connectivity index (χ4n) is 1.85. The van der Waals surface area contributed by atoms with Crippen molar-refractivity contribution in [2.24, 2.45) is 0 Å². The Kier molecular flexibility index (Phi) is 4.39. The minimum Gasteiger partial charge on any atom is -0.472 e. The van der Waals surface area contributed by atoms with E-state index in [1.165, 1.54) is 6.07 Å². The molecule has 0 saturated heterocycles. The Morgan fingerprint density at radius 3 is 2.78 bits per heavy atom. The molecule has 96 valence electrons. The van der Waals surface area contributed by atoms with Gasteiger partial charge in [-0.05, 0) is 36.7 Å². The first-order valence-electron chi connectivity index (χ1n) is 5.92. The number of furan rings is 1. The molecular formula is C14H15ClFNO. The number of rotatable bonds is 5. The molecule has 0 spiro atoms. The lowest BCUT2D eigenvalue weighted by molar-refractivity contribution is 0.546. The van der Waals surface area contributed by atoms with Crippen LogP contribution < -0.4 is 5.32 Å². The van der Waals surface area contributed by atoms with Crippen molar-refractivity contribution in [2.75, 3.05) is 6.54 Å². The van der Waals surface area contributed by atoms with E-state index in [9.17, 15) is 4.39 Å². The zero-order valence-corrected chi connectivity index (χ0v) is 10.9. The molecule has 0 radical (unpaired) electrons. The molecule has 0 bridgehead atoms. The third-order valence-electron chi connectivity index (χ3n) is 2.75. The lowest BCUT2D eigenvalue weighted by Crippen LogP contribution is -2.22. The van der Waals surface area contributed by atoms with Gasteiger partial charge in [-0.1, -0.05) is 24.6 Å². The Bertz CT molecular complexity index is 499. The molecule has 0 saturated carbocycles. The smallest absolute Gasteiger partial charge is 0.142 e. The maximum atomic E-state index is 13.5. The van der Waals surface area contributed by atoms with Gasteiger partial charge in [0.05, 0.1) is 23.6 Å². The van der Waals surface area contributed by atoms with Crippen LogP contribution in [0.1, 0.15) is 30.5 Å². The highest BCUT2D eigenvalue weighted by atomic mass is 35.5. The van der Waals surface area contributed by atoms with Gasteiger partial charge in [-0.15, -0.1) is 0 Å². The summed E-state index contributed by atoms with van der Waals surface area (Å²) in [5, 5.41) is 3.50. The summed E-state index contributed by atoms with van der Waals surface area (Å²) in [6, 6.07) is 6.66. The average Bonchev–Trinajstić information content (AvgIpc) is 2.88. The highest BCUT2D eigenvalue weighted by Crippen LogP contribution is 2.25. The Labute approximate surface area is 111 Å². The number of hydrogen-bond acceptors (Lipinski definition) is 2. The monoisotopic (exact) mass is 267 g/mol. The lowest BCUT2D eigenvalue weighted by atomic mass is 10.0. The maximum Gasteiger partial charge on any atom is 0.142 e. The quantitative estimate of drug-likeness (QED) is 0.880. The molecule has 1 aromatic carbocycles. The summed E-state index contributed by atoms with van der Waals surface area (Å²) in [6.07, 6.45) is 4.28. The number of benzene rings is 1. The van der Waals surface area contributed by atoms with Gasteiger partial charge < -0.3 is 9.73 Å². The van der Waals surface area contributed by atoms with E-state index in [4.69, 9.17) is 16.0 Å². The van der Waals surface area contributed by atoms with Gasteiger partial charge >= 0.3 is 0 Å². The summed E-state index contributed by atoms with van der Waals surface area (Å²) in [7, 11) is 0. The second-order valence-corrected chi connectivity index (χ2v) is 4.52. The standard InChI is InChI=1S/C14H15ClFNO/c1-2-6-17-14(11-5-7-18-9-11)10-3-4-12(15)13(16)8-10/h3-5,7-9,14,17H,2,6H2,1H3. The summed E-state index contributed by atoms with van der Waals surface area (Å²) in [5.41, 5.74) is 1.82. The molecule has 1 aromatic heterocycles. The van der Waals surface area contributed by atoms with Crippen LogP contribution in [0.25, 0.3) is 0 Å². The number of nitrogens with one attached hydrogen (secondary N) is 1. The van der Waals surface area contributed by atoms with Gasteiger partial charge in [-0.3, -0.25) is 0 Å². The molecule has 1 heterocycles. The highest BCUT2D eigenvalue weighted by molar-refractivity contribution is 6.30. The van der Waals surface area contributed by atoms with Crippen molar-refractivity contribution in [1.82, 2.24) is 5.32 Å². The molecule has 0 aliphatic heterocycles. The summed E-state index contributed by atoms with van der Waals surface area (Å²) >= 11 is 5.70. The minimum absolute atomic E-state index is 0.0736. The van der Waals surface area contributed by atoms with E-state index < -0.39 is 5.82 Å². The van der Waals surface area contributed by atoms with E-state index in [1.54, 1.807) is 18.6 Å². The second kappa shape index (κ2) is 6.03. The Morgan fingerprint density at radius 1 is 1.33 bits per heavy atom. The summed E-state index contributed by atoms with van der Waals surface area (Å²) in [4.78, 5) is 0. The van der Waals surface area contributed by atoms with Gasteiger partial charge in [0.25, 0.3) is 0 Å². The molecule has 0 aliphatic carbocycles. The number of halogens is 2. The van der Waals surface area contributed by atoms with E-state index in [-0.39, 0.29) is 11.1 Å². The highest BCUT2D eigenvalue weighted by Gasteiger charge is 2.15. The van der Waals surface area contributed by atoms with Crippen molar-refractivity contribution in [2.45, 2.75) is 19.4 Å². The molecule has 2 aromatic rings. The summed E-state index contributed by atoms with van der Waals surface area (Å²) in [6.45, 7) is 2.93. The van der Waals surface area contributed by atoms with Gasteiger partial charge in [0.2, 0.25) is 0 Å². The van der Waals surface area contributed by atoms with Crippen molar-refractivity contribution >= 4 is 11.6 Å². The van der Waals surface area contributed by atoms with E-state index in [2.05, 4.69) is 12.2 Å². The third kappa shape index (κ3) is 2.92. The van der Waals surface area contributed by atoms with Crippen LogP contribution >= 0.6 is 11.6 Å². The van der Waals surface area contributed by atoms with E-state index in [0.29, 0.717) is 0 Å². The van der Waals surface area contributed by atoms with Crippen LogP contribution in [-0.2, 0) is 0 Å². The molecule has 0 fully saturated rings. The topological polar surface area (TPSA) is 25.2 Å². The number of hydrogen-bond donors (Lipinski definition) is 1. The van der Waals surface area contributed by atoms with Crippen LogP contribution in [0.15, 0.2) is 41.2 Å². The Balaban J connectivity index is 2.30. The zero-order valence-electron chi connectivity index (χ0n) is 10.1. The van der Waals surface area contributed by atoms with Crippen molar-refractivity contribution in [3.05, 3.63) is 58.8 Å². The third-order valence-corrected chi connectivity index (χ3v) is 3.06. The van der Waals surface area contributed by atoms with Crippen LogP contribution in [-0.4, -0.2) is 6.54 Å². The first-order chi connectivity index (χ1) is 8.72. The van der Waals surface area contributed by atoms with E-state index in [0.717, 1.165) is 24.1 Å². The fraction of sp³-hybridized carbons (Fsp3) is 0.286. The molecule has 0 aliphatic rings. The second-order valence-electron chi connectivity index (χ2n) is 4.12. The van der Waals surface area contributed by atoms with Crippen molar-refractivity contribution in [3.8, 4) is 0 Å². The Hall–Kier alpha value is -1.32. The predicted molar refractivity (Wildman–Crippen MR) is 70.3 cm³/mol. The zero-order chi connectivity index (χ0) is 13.0. The molecule has 0 amide bonds. The summed E-state index contributed by atoms with van der Waals surface area (Å²) in [5.74, 6) is -0.402. The Morgan fingerprint density at radius 2 is 2.17 bits per heavy atom. The van der Waals surface area contributed by atoms with Gasteiger partial charge in [0.1, 0.15) is 5.82 Å². The van der Waals surface area contributed by atoms with Gasteiger partial charge in [-0.2, -0.15) is 0 Å². The SMILES string of the molecule is CCCNC(c1ccoc1)c1ccc(Cl)c(F)c1. The van der Waals surface area contributed by atoms with Gasteiger partial charge in [0, 0.05) is 5.56 Å². The first-order valence-corrected chi connectivity index (χ1v) is 6.30. The molecule has 18 heavy (non-hydrogen) atoms. The first kappa shape index (κ1) is 13.1. The van der Waals surface area contributed by atoms with Crippen LogP contribution in [0.3, 0.4) is 0 Å². The molecule has 1 atom stereocenters. The van der Waals surface area contributed by atoms with Crippen LogP contribution in [0.4, 0.5) is 4.39 Å². The maximum absolute atomic E-state index is 13.5. The average molecular weight is 268 g/mol. The van der Waals surface area contributed by atoms with E-state index >= 15 is 0 Å². The molecule has 2 rings (SSSR count). The van der Waals surface area contributed by atoms with Gasteiger partial charge in [0.15, 0.2) is 0 Å². The van der Waals surface area contributed by atoms with Crippen molar-refractivity contribution in [3.63, 3.8) is 0 Å². The lowest BCUT2D eigenvalue weighted by Gasteiger charge is -2.17. The van der Waals surface area contributed by atoms with Crippen LogP contribution in [0, 0.1) is 5.82 Å². The van der Waals surface area contributed by atoms with Crippen LogP contribution in [0.2, 0.25) is 5.02 Å². The minimum atomic E-state index is -0.402. The molecule has 2 nitrogen and oxygen atoms in total. The molecular weight excluding hydrogens is 253 g/mol. The summed E-state index contributed by atoms with van der Waals surface area (Å²) < 4.78 is 18.6. The molecule has 1 N–H and O–H groups in total. The molecule has 1 unspecified atom stereocenters. The predicted octanol–water partition coefficient (Wildman–Crippen LogP) is 4.16. The largest absolute Gasteiger partial charge is 0.472 e. The van der Waals surface area contributed by atoms with Crippen molar-refractivity contribution < 1.29 is 8.81 Å². The van der Waals surface area contributed by atoms with Gasteiger partial charge in [-0.25, -0.2) is 4.39 Å². The normalized spacial score (nSPS) is 12.6. The van der Waals surface area contributed by atoms with Crippen molar-refractivity contribution in [1.29, 1.82) is 0 Å².